The van der Waals surface area contributed by atoms with Crippen molar-refractivity contribution in [3.63, 3.8) is 0 Å². The van der Waals surface area contributed by atoms with Crippen molar-refractivity contribution in [3.8, 4) is 11.5 Å². The number of methoxy groups -OCH3 is 2. The van der Waals surface area contributed by atoms with Gasteiger partial charge >= 0.3 is 0 Å². The van der Waals surface area contributed by atoms with Crippen LogP contribution < -0.4 is 20.1 Å². The van der Waals surface area contributed by atoms with Crippen LogP contribution in [0.4, 0.5) is 0 Å². The van der Waals surface area contributed by atoms with Gasteiger partial charge in [0.25, 0.3) is 0 Å². The Bertz CT molecular complexity index is 745. The largest absolute Gasteiger partial charge is 0.493 e. The highest BCUT2D eigenvalue weighted by molar-refractivity contribution is 5.79. The van der Waals surface area contributed by atoms with Crippen LogP contribution in [0.2, 0.25) is 0 Å². The molecule has 0 unspecified atom stereocenters. The van der Waals surface area contributed by atoms with E-state index < -0.39 is 0 Å². The van der Waals surface area contributed by atoms with Gasteiger partial charge in [0.2, 0.25) is 0 Å². The quantitative estimate of drug-likeness (QED) is 0.433. The van der Waals surface area contributed by atoms with Gasteiger partial charge in [0.1, 0.15) is 0 Å². The molecular formula is C20H26N4O2. The molecule has 1 aromatic heterocycles. The molecule has 0 saturated heterocycles. The standard InChI is InChI=1S/C20H26N4O2/c1-5-8-16-11-15(12-18(25-3)19(16)26-4)13-23-20(21-2)24-14-17-9-6-7-10-22-17/h5-7,9-12H,1,8,13-14H2,2-4H3,(H2,21,23,24). The highest BCUT2D eigenvalue weighted by atomic mass is 16.5. The van der Waals surface area contributed by atoms with E-state index in [0.29, 0.717) is 31.2 Å². The van der Waals surface area contributed by atoms with Crippen LogP contribution in [0.25, 0.3) is 0 Å². The van der Waals surface area contributed by atoms with E-state index in [1.807, 2.05) is 30.3 Å². The van der Waals surface area contributed by atoms with E-state index in [4.69, 9.17) is 9.47 Å². The predicted octanol–water partition coefficient (Wildman–Crippen LogP) is 2.69. The molecule has 0 saturated carbocycles. The molecule has 2 N–H and O–H groups in total. The summed E-state index contributed by atoms with van der Waals surface area (Å²) < 4.78 is 10.9. The van der Waals surface area contributed by atoms with Gasteiger partial charge in [0, 0.05) is 25.4 Å². The van der Waals surface area contributed by atoms with E-state index in [-0.39, 0.29) is 0 Å². The van der Waals surface area contributed by atoms with Gasteiger partial charge in [-0.2, -0.15) is 0 Å². The number of aromatic nitrogens is 1. The lowest BCUT2D eigenvalue weighted by Gasteiger charge is -2.16. The maximum Gasteiger partial charge on any atom is 0.191 e. The van der Waals surface area contributed by atoms with E-state index in [9.17, 15) is 0 Å². The molecule has 2 aromatic rings. The molecule has 0 atom stereocenters. The summed E-state index contributed by atoms with van der Waals surface area (Å²) >= 11 is 0. The minimum absolute atomic E-state index is 0.604. The molecule has 138 valence electrons. The minimum atomic E-state index is 0.604. The van der Waals surface area contributed by atoms with Gasteiger partial charge in [-0.15, -0.1) is 6.58 Å². The Kier molecular flexibility index (Phi) is 7.49. The number of ether oxygens (including phenoxy) is 2. The van der Waals surface area contributed by atoms with Crippen LogP contribution >= 0.6 is 0 Å². The topological polar surface area (TPSA) is 67.8 Å². The molecule has 0 fully saturated rings. The van der Waals surface area contributed by atoms with Crippen LogP contribution in [0, 0.1) is 0 Å². The number of benzene rings is 1. The first-order valence-corrected chi connectivity index (χ1v) is 8.41. The summed E-state index contributed by atoms with van der Waals surface area (Å²) in [5, 5.41) is 6.55. The van der Waals surface area contributed by atoms with Crippen LogP contribution in [0.3, 0.4) is 0 Å². The molecule has 0 aliphatic heterocycles. The first-order valence-electron chi connectivity index (χ1n) is 8.41. The molecule has 6 heteroatoms. The molecule has 1 heterocycles. The summed E-state index contributed by atoms with van der Waals surface area (Å²) in [6.45, 7) is 5.02. The predicted molar refractivity (Wildman–Crippen MR) is 105 cm³/mol. The van der Waals surface area contributed by atoms with Crippen LogP contribution in [0.5, 0.6) is 11.5 Å². The second-order valence-corrected chi connectivity index (χ2v) is 5.58. The lowest BCUT2D eigenvalue weighted by molar-refractivity contribution is 0.352. The van der Waals surface area contributed by atoms with Crippen molar-refractivity contribution in [2.75, 3.05) is 21.3 Å². The zero-order chi connectivity index (χ0) is 18.8. The molecule has 0 radical (unpaired) electrons. The maximum atomic E-state index is 5.47. The normalized spacial score (nSPS) is 11.0. The van der Waals surface area contributed by atoms with Gasteiger partial charge in [-0.05, 0) is 36.2 Å². The number of pyridine rings is 1. The van der Waals surface area contributed by atoms with Gasteiger partial charge in [0.05, 0.1) is 26.5 Å². The summed E-state index contributed by atoms with van der Waals surface area (Å²) in [5.41, 5.74) is 3.06. The monoisotopic (exact) mass is 354 g/mol. The molecular weight excluding hydrogens is 328 g/mol. The third kappa shape index (κ3) is 5.24. The first-order chi connectivity index (χ1) is 12.7. The summed E-state index contributed by atoms with van der Waals surface area (Å²) in [5.74, 6) is 2.16. The number of hydrogen-bond donors (Lipinski definition) is 2. The molecule has 2 rings (SSSR count). The summed E-state index contributed by atoms with van der Waals surface area (Å²) in [7, 11) is 5.03. The van der Waals surface area contributed by atoms with Crippen molar-refractivity contribution in [2.24, 2.45) is 4.99 Å². The number of aliphatic imine (C=N–C) groups is 1. The van der Waals surface area contributed by atoms with E-state index in [2.05, 4.69) is 33.3 Å². The van der Waals surface area contributed by atoms with Gasteiger partial charge < -0.3 is 20.1 Å². The molecule has 0 amide bonds. The first kappa shape index (κ1) is 19.3. The number of rotatable bonds is 8. The zero-order valence-corrected chi connectivity index (χ0v) is 15.6. The number of nitrogens with one attached hydrogen (secondary N) is 2. The number of allylic oxidation sites excluding steroid dienone is 1. The van der Waals surface area contributed by atoms with Crippen LogP contribution in [0.1, 0.15) is 16.8 Å². The van der Waals surface area contributed by atoms with Crippen LogP contribution in [0.15, 0.2) is 54.2 Å². The Labute approximate surface area is 155 Å². The second kappa shape index (κ2) is 10.1. The number of guanidine groups is 1. The lowest BCUT2D eigenvalue weighted by atomic mass is 10.1. The number of hydrogen-bond acceptors (Lipinski definition) is 4. The third-order valence-electron chi connectivity index (χ3n) is 3.83. The molecule has 0 aliphatic rings. The highest BCUT2D eigenvalue weighted by Gasteiger charge is 2.12. The van der Waals surface area contributed by atoms with Gasteiger partial charge in [-0.3, -0.25) is 9.98 Å². The van der Waals surface area contributed by atoms with E-state index in [0.717, 1.165) is 22.6 Å². The van der Waals surface area contributed by atoms with Gasteiger partial charge in [-0.1, -0.05) is 12.1 Å². The van der Waals surface area contributed by atoms with Crippen molar-refractivity contribution < 1.29 is 9.47 Å². The SMILES string of the molecule is C=CCc1cc(CNC(=NC)NCc2ccccn2)cc(OC)c1OC. The molecule has 1 aromatic carbocycles. The van der Waals surface area contributed by atoms with Crippen molar-refractivity contribution in [1.82, 2.24) is 15.6 Å². The molecule has 0 bridgehead atoms. The van der Waals surface area contributed by atoms with Gasteiger partial charge in [-0.25, -0.2) is 0 Å². The third-order valence-corrected chi connectivity index (χ3v) is 3.83. The van der Waals surface area contributed by atoms with Crippen molar-refractivity contribution >= 4 is 5.96 Å². The van der Waals surface area contributed by atoms with E-state index in [1.165, 1.54) is 0 Å². The summed E-state index contributed by atoms with van der Waals surface area (Å²) in [4.78, 5) is 8.54. The number of nitrogens with zero attached hydrogens (tertiary/aromatic N) is 2. The maximum absolute atomic E-state index is 5.47. The van der Waals surface area contributed by atoms with Crippen molar-refractivity contribution in [3.05, 3.63) is 66.0 Å². The Morgan fingerprint density at radius 3 is 2.62 bits per heavy atom. The minimum Gasteiger partial charge on any atom is -0.493 e. The van der Waals surface area contributed by atoms with Crippen LogP contribution in [-0.2, 0) is 19.5 Å². The summed E-state index contributed by atoms with van der Waals surface area (Å²) in [6.07, 6.45) is 4.33. The lowest BCUT2D eigenvalue weighted by Crippen LogP contribution is -2.36. The van der Waals surface area contributed by atoms with Gasteiger partial charge in [0.15, 0.2) is 17.5 Å². The smallest absolute Gasteiger partial charge is 0.191 e. The highest BCUT2D eigenvalue weighted by Crippen LogP contribution is 2.33. The molecule has 0 spiro atoms. The fourth-order valence-electron chi connectivity index (χ4n) is 2.60. The van der Waals surface area contributed by atoms with Crippen molar-refractivity contribution in [1.29, 1.82) is 0 Å². The zero-order valence-electron chi connectivity index (χ0n) is 15.6. The van der Waals surface area contributed by atoms with Crippen molar-refractivity contribution in [2.45, 2.75) is 19.5 Å². The Hall–Kier alpha value is -3.02. The Balaban J connectivity index is 2.04. The fraction of sp³-hybridized carbons (Fsp3) is 0.300. The van der Waals surface area contributed by atoms with Crippen LogP contribution in [-0.4, -0.2) is 32.2 Å². The average Bonchev–Trinajstić information content (AvgIpc) is 2.68. The van der Waals surface area contributed by atoms with E-state index in [1.54, 1.807) is 27.5 Å². The molecule has 6 nitrogen and oxygen atoms in total. The second-order valence-electron chi connectivity index (χ2n) is 5.58. The Morgan fingerprint density at radius 1 is 1.19 bits per heavy atom. The summed E-state index contributed by atoms with van der Waals surface area (Å²) in [6, 6.07) is 9.88. The molecule has 26 heavy (non-hydrogen) atoms. The average molecular weight is 354 g/mol. The molecule has 0 aliphatic carbocycles. The van der Waals surface area contributed by atoms with E-state index >= 15 is 0 Å². The fourth-order valence-corrected chi connectivity index (χ4v) is 2.60. The Morgan fingerprint density at radius 2 is 2.00 bits per heavy atom.